The molecular formula is C31H27NO6. The number of benzene rings is 4. The maximum Gasteiger partial charge on any atom is 0.295 e. The average Bonchev–Trinajstić information content (AvgIpc) is 3.19. The molecule has 1 fully saturated rings. The molecule has 1 atom stereocenters. The Kier molecular flexibility index (Phi) is 6.75. The van der Waals surface area contributed by atoms with Gasteiger partial charge in [0.25, 0.3) is 11.7 Å². The number of hydrogen-bond acceptors (Lipinski definition) is 6. The van der Waals surface area contributed by atoms with Crippen LogP contribution in [0.15, 0.2) is 90.5 Å². The van der Waals surface area contributed by atoms with Crippen molar-refractivity contribution in [1.29, 1.82) is 0 Å². The van der Waals surface area contributed by atoms with Gasteiger partial charge >= 0.3 is 0 Å². The van der Waals surface area contributed by atoms with E-state index in [1.54, 1.807) is 44.4 Å². The largest absolute Gasteiger partial charge is 0.507 e. The highest BCUT2D eigenvalue weighted by atomic mass is 16.5. The van der Waals surface area contributed by atoms with Crippen LogP contribution in [0.3, 0.4) is 0 Å². The molecule has 0 bridgehead atoms. The van der Waals surface area contributed by atoms with Crippen LogP contribution in [-0.2, 0) is 16.1 Å². The van der Waals surface area contributed by atoms with Crippen LogP contribution in [-0.4, -0.2) is 40.5 Å². The second kappa shape index (κ2) is 10.3. The fourth-order valence-corrected chi connectivity index (χ4v) is 4.87. The predicted molar refractivity (Wildman–Crippen MR) is 144 cm³/mol. The summed E-state index contributed by atoms with van der Waals surface area (Å²) < 4.78 is 11.0. The number of hydrogen-bond donors (Lipinski definition) is 2. The molecule has 192 valence electrons. The zero-order valence-electron chi connectivity index (χ0n) is 21.0. The second-order valence-corrected chi connectivity index (χ2v) is 8.96. The minimum absolute atomic E-state index is 0.0340. The lowest BCUT2D eigenvalue weighted by atomic mass is 9.94. The molecule has 38 heavy (non-hydrogen) atoms. The molecule has 1 amide bonds. The smallest absolute Gasteiger partial charge is 0.295 e. The van der Waals surface area contributed by atoms with Crippen molar-refractivity contribution in [2.75, 3.05) is 13.7 Å². The fourth-order valence-electron chi connectivity index (χ4n) is 4.87. The summed E-state index contributed by atoms with van der Waals surface area (Å²) in [5.74, 6) is -1.07. The van der Waals surface area contributed by atoms with Crippen molar-refractivity contribution in [3.63, 3.8) is 0 Å². The second-order valence-electron chi connectivity index (χ2n) is 8.96. The number of carbonyl (C=O) groups excluding carboxylic acids is 2. The van der Waals surface area contributed by atoms with E-state index in [0.29, 0.717) is 29.0 Å². The van der Waals surface area contributed by atoms with Crippen LogP contribution in [0.4, 0.5) is 0 Å². The van der Waals surface area contributed by atoms with Gasteiger partial charge < -0.3 is 24.6 Å². The minimum atomic E-state index is -0.925. The number of phenols is 1. The predicted octanol–water partition coefficient (Wildman–Crippen LogP) is 5.57. The number of ether oxygens (including phenoxy) is 2. The Balaban J connectivity index is 1.69. The Bertz CT molecular complexity index is 1570. The van der Waals surface area contributed by atoms with Gasteiger partial charge in [-0.15, -0.1) is 0 Å². The van der Waals surface area contributed by atoms with Crippen LogP contribution in [0.5, 0.6) is 17.2 Å². The van der Waals surface area contributed by atoms with Crippen molar-refractivity contribution in [2.45, 2.75) is 19.5 Å². The van der Waals surface area contributed by atoms with Gasteiger partial charge in [-0.3, -0.25) is 9.59 Å². The van der Waals surface area contributed by atoms with Crippen LogP contribution < -0.4 is 9.47 Å². The highest BCUT2D eigenvalue weighted by Gasteiger charge is 2.46. The number of rotatable bonds is 7. The lowest BCUT2D eigenvalue weighted by Crippen LogP contribution is -2.29. The fraction of sp³-hybridized carbons (Fsp3) is 0.161. The molecule has 0 aliphatic carbocycles. The Morgan fingerprint density at radius 2 is 1.63 bits per heavy atom. The van der Waals surface area contributed by atoms with Crippen LogP contribution >= 0.6 is 0 Å². The molecule has 1 unspecified atom stereocenters. The Morgan fingerprint density at radius 3 is 2.39 bits per heavy atom. The van der Waals surface area contributed by atoms with E-state index in [1.807, 2.05) is 48.5 Å². The quantitative estimate of drug-likeness (QED) is 0.192. The first kappa shape index (κ1) is 24.9. The Labute approximate surface area is 220 Å². The van der Waals surface area contributed by atoms with Gasteiger partial charge in [0.1, 0.15) is 11.5 Å². The molecule has 7 nitrogen and oxygen atoms in total. The number of phenolic OH excluding ortho intramolecular Hbond substituents is 1. The highest BCUT2D eigenvalue weighted by Crippen LogP contribution is 2.43. The summed E-state index contributed by atoms with van der Waals surface area (Å²) in [4.78, 5) is 28.3. The molecule has 5 rings (SSSR count). The lowest BCUT2D eigenvalue weighted by molar-refractivity contribution is -0.140. The van der Waals surface area contributed by atoms with Crippen molar-refractivity contribution in [1.82, 2.24) is 4.90 Å². The summed E-state index contributed by atoms with van der Waals surface area (Å²) in [5.41, 5.74) is 1.61. The highest BCUT2D eigenvalue weighted by molar-refractivity contribution is 6.46. The van der Waals surface area contributed by atoms with E-state index in [1.165, 1.54) is 11.0 Å². The third-order valence-corrected chi connectivity index (χ3v) is 6.70. The number of amides is 1. The number of Topliss-reactive ketones (excluding diaryl/α,β-unsaturated/α-hetero) is 1. The van der Waals surface area contributed by atoms with E-state index in [4.69, 9.17) is 9.47 Å². The molecular weight excluding hydrogens is 482 g/mol. The standard InChI is InChI=1S/C31H27NO6/c1-3-38-26-17-21(14-15-24(26)33)28-27(29(34)22-13-12-19-8-4-5-9-20(19)16-22)30(35)31(36)32(28)18-23-10-6-7-11-25(23)37-2/h4-17,28,33-34H,3,18H2,1-2H3/b29-27+. The first-order chi connectivity index (χ1) is 18.4. The lowest BCUT2D eigenvalue weighted by Gasteiger charge is -2.26. The molecule has 2 N–H and O–H groups in total. The molecule has 4 aromatic carbocycles. The van der Waals surface area contributed by atoms with E-state index in [-0.39, 0.29) is 29.4 Å². The maximum atomic E-state index is 13.5. The van der Waals surface area contributed by atoms with Crippen molar-refractivity contribution in [3.8, 4) is 17.2 Å². The van der Waals surface area contributed by atoms with Crippen molar-refractivity contribution in [3.05, 3.63) is 107 Å². The molecule has 0 radical (unpaired) electrons. The van der Waals surface area contributed by atoms with E-state index < -0.39 is 17.7 Å². The summed E-state index contributed by atoms with van der Waals surface area (Å²) in [6, 6.07) is 24.1. The third-order valence-electron chi connectivity index (χ3n) is 6.70. The first-order valence-electron chi connectivity index (χ1n) is 12.3. The number of carbonyl (C=O) groups is 2. The van der Waals surface area contributed by atoms with Crippen LogP contribution in [0.1, 0.15) is 29.7 Å². The number of para-hydroxylation sites is 1. The topological polar surface area (TPSA) is 96.3 Å². The summed E-state index contributed by atoms with van der Waals surface area (Å²) >= 11 is 0. The SMILES string of the molecule is CCOc1cc(C2/C(=C(\O)c3ccc4ccccc4c3)C(=O)C(=O)N2Cc2ccccc2OC)ccc1O. The number of nitrogens with zero attached hydrogens (tertiary/aromatic N) is 1. The number of aromatic hydroxyl groups is 1. The van der Waals surface area contributed by atoms with Gasteiger partial charge in [0.15, 0.2) is 11.5 Å². The number of likely N-dealkylation sites (tertiary alicyclic amines) is 1. The van der Waals surface area contributed by atoms with E-state index in [9.17, 15) is 19.8 Å². The molecule has 1 heterocycles. The number of aliphatic hydroxyl groups is 1. The van der Waals surface area contributed by atoms with E-state index >= 15 is 0 Å². The summed E-state index contributed by atoms with van der Waals surface area (Å²) in [6.07, 6.45) is 0. The molecule has 0 spiro atoms. The van der Waals surface area contributed by atoms with Crippen molar-refractivity contribution in [2.24, 2.45) is 0 Å². The molecule has 1 aliphatic heterocycles. The van der Waals surface area contributed by atoms with Crippen molar-refractivity contribution >= 4 is 28.2 Å². The third kappa shape index (κ3) is 4.43. The number of fused-ring (bicyclic) bond motifs is 1. The van der Waals surface area contributed by atoms with Gasteiger partial charge in [-0.25, -0.2) is 0 Å². The van der Waals surface area contributed by atoms with Gasteiger partial charge in [0, 0.05) is 11.1 Å². The van der Waals surface area contributed by atoms with Gasteiger partial charge in [-0.05, 0) is 47.5 Å². The van der Waals surface area contributed by atoms with Gasteiger partial charge in [-0.2, -0.15) is 0 Å². The van der Waals surface area contributed by atoms with Crippen LogP contribution in [0.2, 0.25) is 0 Å². The monoisotopic (exact) mass is 509 g/mol. The van der Waals surface area contributed by atoms with Gasteiger partial charge in [0.05, 0.1) is 31.9 Å². The molecule has 0 saturated carbocycles. The van der Waals surface area contributed by atoms with E-state index in [2.05, 4.69) is 0 Å². The molecule has 7 heteroatoms. The molecule has 1 saturated heterocycles. The molecule has 4 aromatic rings. The summed E-state index contributed by atoms with van der Waals surface area (Å²) in [5, 5.41) is 23.6. The zero-order valence-corrected chi connectivity index (χ0v) is 21.0. The van der Waals surface area contributed by atoms with Gasteiger partial charge in [-0.1, -0.05) is 60.7 Å². The molecule has 0 aromatic heterocycles. The summed E-state index contributed by atoms with van der Waals surface area (Å²) in [6.45, 7) is 2.17. The minimum Gasteiger partial charge on any atom is -0.507 e. The number of ketones is 1. The Hall–Kier alpha value is -4.78. The van der Waals surface area contributed by atoms with Crippen molar-refractivity contribution < 1.29 is 29.3 Å². The van der Waals surface area contributed by atoms with Gasteiger partial charge in [0.2, 0.25) is 0 Å². The normalized spacial score (nSPS) is 16.7. The summed E-state index contributed by atoms with van der Waals surface area (Å²) in [7, 11) is 1.54. The number of aliphatic hydroxyl groups excluding tert-OH is 1. The maximum absolute atomic E-state index is 13.5. The van der Waals surface area contributed by atoms with Crippen LogP contribution in [0, 0.1) is 0 Å². The first-order valence-corrected chi connectivity index (χ1v) is 12.3. The average molecular weight is 510 g/mol. The zero-order chi connectivity index (χ0) is 26.8. The van der Waals surface area contributed by atoms with E-state index in [0.717, 1.165) is 10.8 Å². The molecule has 1 aliphatic rings. The Morgan fingerprint density at radius 1 is 0.895 bits per heavy atom. The number of methoxy groups -OCH3 is 1. The van der Waals surface area contributed by atoms with Crippen LogP contribution in [0.25, 0.3) is 16.5 Å².